The number of hydrogen-bond acceptors (Lipinski definition) is 2. The Morgan fingerprint density at radius 1 is 1.18 bits per heavy atom. The molecule has 1 aliphatic heterocycles. The predicted octanol–water partition coefficient (Wildman–Crippen LogP) is 3.04. The minimum Gasteiger partial charge on any atom is -0.316 e. The van der Waals surface area contributed by atoms with E-state index in [4.69, 9.17) is 0 Å². The van der Waals surface area contributed by atoms with Crippen molar-refractivity contribution in [2.45, 2.75) is 53.9 Å². The first-order valence-corrected chi connectivity index (χ1v) is 7.24. The van der Waals surface area contributed by atoms with E-state index >= 15 is 0 Å². The molecule has 102 valence electrons. The SMILES string of the molecule is CC(C)(C)C(C)(C)CNCCC1CCCNC1. The van der Waals surface area contributed by atoms with Crippen molar-refractivity contribution in [2.75, 3.05) is 26.2 Å². The Morgan fingerprint density at radius 3 is 2.41 bits per heavy atom. The van der Waals surface area contributed by atoms with Gasteiger partial charge in [-0.1, -0.05) is 34.6 Å². The fraction of sp³-hybridized carbons (Fsp3) is 1.00. The summed E-state index contributed by atoms with van der Waals surface area (Å²) in [7, 11) is 0. The molecular weight excluding hydrogens is 208 g/mol. The smallest absolute Gasteiger partial charge is 0.000752 e. The van der Waals surface area contributed by atoms with E-state index in [0.29, 0.717) is 10.8 Å². The third-order valence-electron chi connectivity index (χ3n) is 4.73. The van der Waals surface area contributed by atoms with Gasteiger partial charge in [0.25, 0.3) is 0 Å². The van der Waals surface area contributed by atoms with Crippen molar-refractivity contribution in [1.82, 2.24) is 10.6 Å². The Hall–Kier alpha value is -0.0800. The molecule has 1 atom stereocenters. The van der Waals surface area contributed by atoms with Crippen LogP contribution in [0.25, 0.3) is 0 Å². The summed E-state index contributed by atoms with van der Waals surface area (Å²) >= 11 is 0. The fourth-order valence-electron chi connectivity index (χ4n) is 2.14. The summed E-state index contributed by atoms with van der Waals surface area (Å²) in [6, 6.07) is 0. The van der Waals surface area contributed by atoms with E-state index in [0.717, 1.165) is 12.5 Å². The van der Waals surface area contributed by atoms with Gasteiger partial charge in [-0.15, -0.1) is 0 Å². The molecule has 1 unspecified atom stereocenters. The molecule has 1 fully saturated rings. The van der Waals surface area contributed by atoms with E-state index < -0.39 is 0 Å². The van der Waals surface area contributed by atoms with Crippen LogP contribution in [0, 0.1) is 16.7 Å². The molecule has 1 heterocycles. The normalized spacial score (nSPS) is 22.8. The van der Waals surface area contributed by atoms with E-state index in [-0.39, 0.29) is 0 Å². The average molecular weight is 240 g/mol. The van der Waals surface area contributed by atoms with Crippen molar-refractivity contribution in [1.29, 1.82) is 0 Å². The lowest BCUT2D eigenvalue weighted by Crippen LogP contribution is -2.40. The van der Waals surface area contributed by atoms with Gasteiger partial charge in [0.05, 0.1) is 0 Å². The van der Waals surface area contributed by atoms with E-state index in [2.05, 4.69) is 45.3 Å². The standard InChI is InChI=1S/C15H32N2/c1-14(2,3)15(4,5)12-17-10-8-13-7-6-9-16-11-13/h13,16-17H,6-12H2,1-5H3. The third kappa shape index (κ3) is 4.97. The quantitative estimate of drug-likeness (QED) is 0.722. The Kier molecular flexibility index (Phi) is 5.46. The first kappa shape index (κ1) is 15.0. The molecule has 2 nitrogen and oxygen atoms in total. The molecule has 0 aromatic carbocycles. The van der Waals surface area contributed by atoms with Gasteiger partial charge in [-0.05, 0) is 55.6 Å². The summed E-state index contributed by atoms with van der Waals surface area (Å²) in [5.41, 5.74) is 0.726. The van der Waals surface area contributed by atoms with Crippen LogP contribution in [0.4, 0.5) is 0 Å². The van der Waals surface area contributed by atoms with Gasteiger partial charge in [0.2, 0.25) is 0 Å². The zero-order valence-electron chi connectivity index (χ0n) is 12.5. The monoisotopic (exact) mass is 240 g/mol. The van der Waals surface area contributed by atoms with Crippen molar-refractivity contribution in [3.63, 3.8) is 0 Å². The van der Waals surface area contributed by atoms with Crippen LogP contribution in [0.1, 0.15) is 53.9 Å². The molecule has 1 aliphatic rings. The molecule has 0 aromatic heterocycles. The highest BCUT2D eigenvalue weighted by molar-refractivity contribution is 4.84. The molecule has 1 rings (SSSR count). The highest BCUT2D eigenvalue weighted by atomic mass is 14.9. The van der Waals surface area contributed by atoms with Crippen molar-refractivity contribution in [3.8, 4) is 0 Å². The average Bonchev–Trinajstić information content (AvgIpc) is 2.24. The third-order valence-corrected chi connectivity index (χ3v) is 4.73. The number of piperidine rings is 1. The second-order valence-corrected chi connectivity index (χ2v) is 7.31. The first-order chi connectivity index (χ1) is 7.83. The molecule has 0 spiro atoms. The first-order valence-electron chi connectivity index (χ1n) is 7.24. The highest BCUT2D eigenvalue weighted by Crippen LogP contribution is 2.36. The van der Waals surface area contributed by atoms with Gasteiger partial charge in [0.1, 0.15) is 0 Å². The van der Waals surface area contributed by atoms with Gasteiger partial charge >= 0.3 is 0 Å². The maximum absolute atomic E-state index is 3.65. The fourth-order valence-corrected chi connectivity index (χ4v) is 2.14. The van der Waals surface area contributed by atoms with E-state index in [9.17, 15) is 0 Å². The van der Waals surface area contributed by atoms with E-state index in [1.54, 1.807) is 0 Å². The van der Waals surface area contributed by atoms with Crippen LogP contribution in [0.15, 0.2) is 0 Å². The van der Waals surface area contributed by atoms with Crippen molar-refractivity contribution in [3.05, 3.63) is 0 Å². The van der Waals surface area contributed by atoms with Crippen LogP contribution in [0.2, 0.25) is 0 Å². The molecule has 0 bridgehead atoms. The summed E-state index contributed by atoms with van der Waals surface area (Å²) < 4.78 is 0. The molecule has 0 amide bonds. The largest absolute Gasteiger partial charge is 0.316 e. The summed E-state index contributed by atoms with van der Waals surface area (Å²) in [6.07, 6.45) is 4.10. The van der Waals surface area contributed by atoms with Gasteiger partial charge in [-0.2, -0.15) is 0 Å². The molecule has 17 heavy (non-hydrogen) atoms. The van der Waals surface area contributed by atoms with Crippen LogP contribution in [-0.2, 0) is 0 Å². The molecule has 0 aliphatic carbocycles. The number of hydrogen-bond donors (Lipinski definition) is 2. The minimum atomic E-state index is 0.359. The summed E-state index contributed by atoms with van der Waals surface area (Å²) in [6.45, 7) is 16.5. The number of nitrogens with one attached hydrogen (secondary N) is 2. The highest BCUT2D eigenvalue weighted by Gasteiger charge is 2.32. The van der Waals surface area contributed by atoms with Gasteiger partial charge in [-0.3, -0.25) is 0 Å². The molecule has 2 N–H and O–H groups in total. The molecule has 1 saturated heterocycles. The minimum absolute atomic E-state index is 0.359. The maximum Gasteiger partial charge on any atom is 0.000752 e. The van der Waals surface area contributed by atoms with E-state index in [1.807, 2.05) is 0 Å². The summed E-state index contributed by atoms with van der Waals surface area (Å²) in [5, 5.41) is 7.14. The zero-order valence-corrected chi connectivity index (χ0v) is 12.5. The Bertz CT molecular complexity index is 209. The Balaban J connectivity index is 2.15. The van der Waals surface area contributed by atoms with Crippen molar-refractivity contribution in [2.24, 2.45) is 16.7 Å². The maximum atomic E-state index is 3.65. The number of rotatable bonds is 5. The van der Waals surface area contributed by atoms with Gasteiger partial charge in [0, 0.05) is 6.54 Å². The topological polar surface area (TPSA) is 24.1 Å². The Morgan fingerprint density at radius 2 is 1.88 bits per heavy atom. The van der Waals surface area contributed by atoms with E-state index in [1.165, 1.54) is 38.9 Å². The van der Waals surface area contributed by atoms with Gasteiger partial charge in [0.15, 0.2) is 0 Å². The molecule has 2 heteroatoms. The van der Waals surface area contributed by atoms with Gasteiger partial charge in [-0.25, -0.2) is 0 Å². The van der Waals surface area contributed by atoms with Crippen LogP contribution >= 0.6 is 0 Å². The predicted molar refractivity (Wildman–Crippen MR) is 76.3 cm³/mol. The lowest BCUT2D eigenvalue weighted by molar-refractivity contribution is 0.128. The Labute approximate surface area is 108 Å². The second kappa shape index (κ2) is 6.19. The van der Waals surface area contributed by atoms with Crippen molar-refractivity contribution >= 4 is 0 Å². The lowest BCUT2D eigenvalue weighted by atomic mass is 9.69. The molecule has 0 saturated carbocycles. The summed E-state index contributed by atoms with van der Waals surface area (Å²) in [5.74, 6) is 0.897. The van der Waals surface area contributed by atoms with Crippen LogP contribution in [0.5, 0.6) is 0 Å². The van der Waals surface area contributed by atoms with Crippen LogP contribution < -0.4 is 10.6 Å². The second-order valence-electron chi connectivity index (χ2n) is 7.31. The lowest BCUT2D eigenvalue weighted by Gasteiger charge is -2.39. The molecular formula is C15H32N2. The molecule has 0 radical (unpaired) electrons. The zero-order chi connectivity index (χ0) is 12.9. The summed E-state index contributed by atoms with van der Waals surface area (Å²) in [4.78, 5) is 0. The van der Waals surface area contributed by atoms with Crippen LogP contribution in [0.3, 0.4) is 0 Å². The van der Waals surface area contributed by atoms with Crippen molar-refractivity contribution < 1.29 is 0 Å². The molecule has 0 aromatic rings. The van der Waals surface area contributed by atoms with Gasteiger partial charge < -0.3 is 10.6 Å². The van der Waals surface area contributed by atoms with Crippen LogP contribution in [-0.4, -0.2) is 26.2 Å².